The lowest BCUT2D eigenvalue weighted by molar-refractivity contribution is -0.384. The lowest BCUT2D eigenvalue weighted by Gasteiger charge is -2.12. The number of rotatable bonds is 7. The van der Waals surface area contributed by atoms with E-state index in [9.17, 15) is 10.1 Å². The highest BCUT2D eigenvalue weighted by Crippen LogP contribution is 2.21. The summed E-state index contributed by atoms with van der Waals surface area (Å²) in [7, 11) is 0. The van der Waals surface area contributed by atoms with E-state index in [1.165, 1.54) is 12.1 Å². The topological polar surface area (TPSA) is 100 Å². The summed E-state index contributed by atoms with van der Waals surface area (Å²) in [5.41, 5.74) is -0.0313. The molecule has 0 aliphatic rings. The molecular formula is C11H18N4O3. The van der Waals surface area contributed by atoms with E-state index in [0.717, 1.165) is 6.42 Å². The van der Waals surface area contributed by atoms with Crippen LogP contribution in [0.1, 0.15) is 20.3 Å². The standard InChI is InChI=1S/C11H18N4O3/c1-3-4-12-10-5-9(15(17)18)6-11(14-10)13-8(2)7-16/h5-6,8,16H,3-4,7H2,1-2H3,(H2,12,13,14). The van der Waals surface area contributed by atoms with Crippen LogP contribution in [-0.4, -0.2) is 34.2 Å². The average Bonchev–Trinajstić information content (AvgIpc) is 2.35. The van der Waals surface area contributed by atoms with Gasteiger partial charge >= 0.3 is 0 Å². The van der Waals surface area contributed by atoms with Gasteiger partial charge in [-0.05, 0) is 13.3 Å². The third-order valence-electron chi connectivity index (χ3n) is 2.25. The quantitative estimate of drug-likeness (QED) is 0.505. The molecule has 0 radical (unpaired) electrons. The number of aliphatic hydroxyl groups excluding tert-OH is 1. The highest BCUT2D eigenvalue weighted by Gasteiger charge is 2.12. The fourth-order valence-electron chi connectivity index (χ4n) is 1.34. The van der Waals surface area contributed by atoms with Crippen molar-refractivity contribution in [1.29, 1.82) is 0 Å². The van der Waals surface area contributed by atoms with E-state index in [0.29, 0.717) is 18.2 Å². The van der Waals surface area contributed by atoms with Crippen LogP contribution >= 0.6 is 0 Å². The van der Waals surface area contributed by atoms with Crippen LogP contribution in [0.3, 0.4) is 0 Å². The molecular weight excluding hydrogens is 236 g/mol. The van der Waals surface area contributed by atoms with Crippen molar-refractivity contribution in [2.45, 2.75) is 26.3 Å². The Labute approximate surface area is 105 Å². The molecule has 0 bridgehead atoms. The van der Waals surface area contributed by atoms with Gasteiger partial charge in [-0.2, -0.15) is 0 Å². The second-order valence-corrected chi connectivity index (χ2v) is 4.01. The highest BCUT2D eigenvalue weighted by atomic mass is 16.6. The first kappa shape index (κ1) is 14.2. The molecule has 0 aliphatic heterocycles. The van der Waals surface area contributed by atoms with Gasteiger partial charge in [0.05, 0.1) is 23.7 Å². The average molecular weight is 254 g/mol. The molecule has 1 unspecified atom stereocenters. The maximum atomic E-state index is 10.8. The highest BCUT2D eigenvalue weighted by molar-refractivity contribution is 5.54. The molecule has 100 valence electrons. The Kier molecular flexibility index (Phi) is 5.31. The number of anilines is 2. The smallest absolute Gasteiger partial charge is 0.276 e. The van der Waals surface area contributed by atoms with E-state index in [2.05, 4.69) is 15.6 Å². The zero-order valence-electron chi connectivity index (χ0n) is 10.5. The van der Waals surface area contributed by atoms with E-state index >= 15 is 0 Å². The Morgan fingerprint density at radius 3 is 2.72 bits per heavy atom. The SMILES string of the molecule is CCCNc1cc([N+](=O)[O-])cc(NC(C)CO)n1. The minimum Gasteiger partial charge on any atom is -0.394 e. The molecule has 0 aliphatic carbocycles. The molecule has 3 N–H and O–H groups in total. The van der Waals surface area contributed by atoms with Gasteiger partial charge in [0.2, 0.25) is 0 Å². The Balaban J connectivity index is 2.94. The second kappa shape index (κ2) is 6.75. The van der Waals surface area contributed by atoms with Gasteiger partial charge < -0.3 is 15.7 Å². The summed E-state index contributed by atoms with van der Waals surface area (Å²) in [6.07, 6.45) is 0.903. The number of nitrogens with one attached hydrogen (secondary N) is 2. The van der Waals surface area contributed by atoms with Crippen LogP contribution in [0.4, 0.5) is 17.3 Å². The van der Waals surface area contributed by atoms with Crippen molar-refractivity contribution in [3.05, 3.63) is 22.2 Å². The van der Waals surface area contributed by atoms with Gasteiger partial charge in [-0.3, -0.25) is 10.1 Å². The largest absolute Gasteiger partial charge is 0.394 e. The van der Waals surface area contributed by atoms with Crippen molar-refractivity contribution in [1.82, 2.24) is 4.98 Å². The molecule has 0 aromatic carbocycles. The predicted molar refractivity (Wildman–Crippen MR) is 69.8 cm³/mol. The molecule has 0 saturated carbocycles. The van der Waals surface area contributed by atoms with Crippen LogP contribution in [0.15, 0.2) is 12.1 Å². The molecule has 7 heteroatoms. The van der Waals surface area contributed by atoms with Crippen LogP contribution in [0, 0.1) is 10.1 Å². The summed E-state index contributed by atoms with van der Waals surface area (Å²) in [6.45, 7) is 4.39. The first-order valence-corrected chi connectivity index (χ1v) is 5.84. The summed E-state index contributed by atoms with van der Waals surface area (Å²) in [4.78, 5) is 14.5. The minimum atomic E-state index is -0.465. The van der Waals surface area contributed by atoms with Crippen LogP contribution in [0.5, 0.6) is 0 Å². The van der Waals surface area contributed by atoms with Gasteiger partial charge in [0.15, 0.2) is 0 Å². The molecule has 1 aromatic rings. The monoisotopic (exact) mass is 254 g/mol. The molecule has 0 saturated heterocycles. The van der Waals surface area contributed by atoms with E-state index in [-0.39, 0.29) is 18.3 Å². The van der Waals surface area contributed by atoms with E-state index in [1.54, 1.807) is 6.92 Å². The van der Waals surface area contributed by atoms with Crippen LogP contribution < -0.4 is 10.6 Å². The van der Waals surface area contributed by atoms with Gasteiger partial charge in [-0.15, -0.1) is 0 Å². The molecule has 18 heavy (non-hydrogen) atoms. The molecule has 1 heterocycles. The van der Waals surface area contributed by atoms with Crippen molar-refractivity contribution in [2.75, 3.05) is 23.8 Å². The number of aromatic nitrogens is 1. The maximum absolute atomic E-state index is 10.8. The van der Waals surface area contributed by atoms with Crippen LogP contribution in [0.2, 0.25) is 0 Å². The van der Waals surface area contributed by atoms with Gasteiger partial charge in [-0.25, -0.2) is 4.98 Å². The molecule has 0 fully saturated rings. The number of hydrogen-bond donors (Lipinski definition) is 3. The van der Waals surface area contributed by atoms with Gasteiger partial charge in [0.25, 0.3) is 5.69 Å². The Hall–Kier alpha value is -1.89. The van der Waals surface area contributed by atoms with E-state index in [1.807, 2.05) is 6.92 Å². The maximum Gasteiger partial charge on any atom is 0.276 e. The first-order valence-electron chi connectivity index (χ1n) is 5.84. The lowest BCUT2D eigenvalue weighted by atomic mass is 10.3. The van der Waals surface area contributed by atoms with Gasteiger partial charge in [-0.1, -0.05) is 6.92 Å². The van der Waals surface area contributed by atoms with Crippen molar-refractivity contribution in [2.24, 2.45) is 0 Å². The summed E-state index contributed by atoms with van der Waals surface area (Å²) in [6, 6.07) is 2.53. The second-order valence-electron chi connectivity index (χ2n) is 4.01. The Morgan fingerprint density at radius 1 is 1.50 bits per heavy atom. The number of hydrogen-bond acceptors (Lipinski definition) is 6. The molecule has 1 aromatic heterocycles. The molecule has 7 nitrogen and oxygen atoms in total. The van der Waals surface area contributed by atoms with Crippen molar-refractivity contribution in [3.63, 3.8) is 0 Å². The number of aliphatic hydroxyl groups is 1. The van der Waals surface area contributed by atoms with Gasteiger partial charge in [0.1, 0.15) is 11.6 Å². The van der Waals surface area contributed by atoms with E-state index in [4.69, 9.17) is 5.11 Å². The number of pyridine rings is 1. The molecule has 1 atom stereocenters. The first-order chi connectivity index (χ1) is 8.56. The minimum absolute atomic E-state index is 0.0313. The third-order valence-corrected chi connectivity index (χ3v) is 2.25. The molecule has 0 amide bonds. The number of nitrogens with zero attached hydrogens (tertiary/aromatic N) is 2. The normalized spacial score (nSPS) is 11.9. The van der Waals surface area contributed by atoms with Crippen LogP contribution in [0.25, 0.3) is 0 Å². The zero-order chi connectivity index (χ0) is 13.5. The van der Waals surface area contributed by atoms with Gasteiger partial charge in [0, 0.05) is 12.6 Å². The van der Waals surface area contributed by atoms with Crippen LogP contribution in [-0.2, 0) is 0 Å². The summed E-state index contributed by atoms with van der Waals surface area (Å²) in [5, 5.41) is 25.7. The molecule has 0 spiro atoms. The third kappa shape index (κ3) is 4.17. The van der Waals surface area contributed by atoms with E-state index < -0.39 is 4.92 Å². The zero-order valence-corrected chi connectivity index (χ0v) is 10.5. The summed E-state index contributed by atoms with van der Waals surface area (Å²) in [5.74, 6) is 0.836. The fourth-order valence-corrected chi connectivity index (χ4v) is 1.34. The van der Waals surface area contributed by atoms with Crippen molar-refractivity contribution in [3.8, 4) is 0 Å². The lowest BCUT2D eigenvalue weighted by Crippen LogP contribution is -2.20. The predicted octanol–water partition coefficient (Wildman–Crippen LogP) is 1.60. The summed E-state index contributed by atoms with van der Waals surface area (Å²) < 4.78 is 0. The fraction of sp³-hybridized carbons (Fsp3) is 0.545. The summed E-state index contributed by atoms with van der Waals surface area (Å²) >= 11 is 0. The van der Waals surface area contributed by atoms with Crippen molar-refractivity contribution < 1.29 is 10.0 Å². The Morgan fingerprint density at radius 2 is 2.17 bits per heavy atom. The molecule has 1 rings (SSSR count). The van der Waals surface area contributed by atoms with Crippen molar-refractivity contribution >= 4 is 17.3 Å². The Bertz CT molecular complexity index is 411. The number of nitro groups is 1.